The molecule has 132 valence electrons. The van der Waals surface area contributed by atoms with E-state index >= 15 is 0 Å². The van der Waals surface area contributed by atoms with Crippen LogP contribution in [-0.2, 0) is 16.0 Å². The summed E-state index contributed by atoms with van der Waals surface area (Å²) in [6, 6.07) is 8.54. The number of carbonyl (C=O) groups excluding carboxylic acids is 1. The predicted molar refractivity (Wildman–Crippen MR) is 94.0 cm³/mol. The summed E-state index contributed by atoms with van der Waals surface area (Å²) in [5.74, 6) is -0.592. The van der Waals surface area contributed by atoms with Crippen LogP contribution in [-0.4, -0.2) is 59.5 Å². The molecule has 1 aliphatic heterocycles. The molecule has 1 aromatic rings. The zero-order valence-corrected chi connectivity index (χ0v) is 14.7. The molecule has 2 rings (SSSR count). The second-order valence-electron chi connectivity index (χ2n) is 6.76. The van der Waals surface area contributed by atoms with Gasteiger partial charge in [-0.05, 0) is 45.2 Å². The van der Waals surface area contributed by atoms with Gasteiger partial charge in [0, 0.05) is 25.6 Å². The summed E-state index contributed by atoms with van der Waals surface area (Å²) in [6.07, 6.45) is 4.05. The number of rotatable bonds is 6. The molecule has 0 aliphatic carbocycles. The summed E-state index contributed by atoms with van der Waals surface area (Å²) >= 11 is 0. The van der Waals surface area contributed by atoms with Crippen LogP contribution in [0.2, 0.25) is 0 Å². The summed E-state index contributed by atoms with van der Waals surface area (Å²) < 4.78 is 0. The Morgan fingerprint density at radius 1 is 1.29 bits per heavy atom. The molecule has 24 heavy (non-hydrogen) atoms. The maximum Gasteiger partial charge on any atom is 0.317 e. The Kier molecular flexibility index (Phi) is 6.79. The number of likely N-dealkylation sites (tertiary alicyclic amines) is 1. The van der Waals surface area contributed by atoms with Crippen molar-refractivity contribution in [2.45, 2.75) is 45.1 Å². The molecule has 1 atom stereocenters. The number of carbonyl (C=O) groups is 2. The molecule has 5 nitrogen and oxygen atoms in total. The van der Waals surface area contributed by atoms with Gasteiger partial charge in [0.25, 0.3) is 0 Å². The first-order valence-electron chi connectivity index (χ1n) is 8.71. The second kappa shape index (κ2) is 8.83. The highest BCUT2D eigenvalue weighted by molar-refractivity contribution is 5.76. The zero-order valence-electron chi connectivity index (χ0n) is 14.7. The first kappa shape index (κ1) is 18.5. The third-order valence-corrected chi connectivity index (χ3v) is 4.77. The van der Waals surface area contributed by atoms with Gasteiger partial charge in [0.2, 0.25) is 5.91 Å². The Morgan fingerprint density at radius 2 is 2.08 bits per heavy atom. The average molecular weight is 332 g/mol. The Morgan fingerprint density at radius 3 is 2.79 bits per heavy atom. The van der Waals surface area contributed by atoms with Crippen LogP contribution in [0.15, 0.2) is 24.3 Å². The third kappa shape index (κ3) is 5.64. The average Bonchev–Trinajstić information content (AvgIpc) is 2.78. The van der Waals surface area contributed by atoms with Crippen LogP contribution in [0, 0.1) is 6.92 Å². The van der Waals surface area contributed by atoms with Crippen LogP contribution in [0.1, 0.15) is 36.8 Å². The molecule has 1 saturated heterocycles. The van der Waals surface area contributed by atoms with Gasteiger partial charge in [-0.1, -0.05) is 29.8 Å². The Bertz CT molecular complexity index is 573. The van der Waals surface area contributed by atoms with Crippen LogP contribution >= 0.6 is 0 Å². The lowest BCUT2D eigenvalue weighted by molar-refractivity contribution is -0.138. The van der Waals surface area contributed by atoms with Crippen molar-refractivity contribution >= 4 is 11.9 Å². The molecule has 1 N–H and O–H groups in total. The quantitative estimate of drug-likeness (QED) is 0.868. The minimum atomic E-state index is -0.798. The molecule has 1 fully saturated rings. The van der Waals surface area contributed by atoms with E-state index in [0.717, 1.165) is 38.8 Å². The molecule has 0 aromatic heterocycles. The highest BCUT2D eigenvalue weighted by atomic mass is 16.4. The molecule has 0 bridgehead atoms. The van der Waals surface area contributed by atoms with Crippen LogP contribution < -0.4 is 0 Å². The van der Waals surface area contributed by atoms with E-state index in [1.54, 1.807) is 0 Å². The molecular formula is C19H28N2O3. The lowest BCUT2D eigenvalue weighted by atomic mass is 10.1. The number of hydrogen-bond acceptors (Lipinski definition) is 3. The van der Waals surface area contributed by atoms with Crippen molar-refractivity contribution in [3.63, 3.8) is 0 Å². The summed E-state index contributed by atoms with van der Waals surface area (Å²) in [7, 11) is 1.86. The fraction of sp³-hybridized carbons (Fsp3) is 0.579. The monoisotopic (exact) mass is 332 g/mol. The number of nitrogens with zero attached hydrogens (tertiary/aromatic N) is 2. The fourth-order valence-corrected chi connectivity index (χ4v) is 3.39. The number of carboxylic acids is 1. The van der Waals surface area contributed by atoms with Gasteiger partial charge >= 0.3 is 5.97 Å². The van der Waals surface area contributed by atoms with Crippen molar-refractivity contribution in [3.05, 3.63) is 35.4 Å². The smallest absolute Gasteiger partial charge is 0.317 e. The minimum Gasteiger partial charge on any atom is -0.480 e. The van der Waals surface area contributed by atoms with E-state index in [1.165, 1.54) is 11.1 Å². The highest BCUT2D eigenvalue weighted by Crippen LogP contribution is 2.17. The van der Waals surface area contributed by atoms with Crippen LogP contribution in [0.5, 0.6) is 0 Å². The van der Waals surface area contributed by atoms with Gasteiger partial charge in [0.1, 0.15) is 0 Å². The lowest BCUT2D eigenvalue weighted by Crippen LogP contribution is -2.37. The molecule has 5 heteroatoms. The predicted octanol–water partition coefficient (Wildman–Crippen LogP) is 2.33. The first-order valence-corrected chi connectivity index (χ1v) is 8.71. The zero-order chi connectivity index (χ0) is 17.5. The van der Waals surface area contributed by atoms with E-state index in [2.05, 4.69) is 25.1 Å². The van der Waals surface area contributed by atoms with E-state index in [4.69, 9.17) is 5.11 Å². The van der Waals surface area contributed by atoms with Crippen molar-refractivity contribution in [1.82, 2.24) is 9.80 Å². The molecule has 0 saturated carbocycles. The Labute approximate surface area is 144 Å². The molecule has 1 amide bonds. The number of aliphatic carboxylic acids is 1. The number of aryl methyl sites for hydroxylation is 2. The van der Waals surface area contributed by atoms with E-state index in [1.807, 2.05) is 22.9 Å². The molecule has 1 aromatic carbocycles. The number of hydrogen-bond donors (Lipinski definition) is 1. The van der Waals surface area contributed by atoms with Crippen molar-refractivity contribution < 1.29 is 14.7 Å². The van der Waals surface area contributed by atoms with Crippen LogP contribution in [0.25, 0.3) is 0 Å². The number of carboxylic acid groups (broad SMARTS) is 1. The van der Waals surface area contributed by atoms with Gasteiger partial charge in [-0.15, -0.1) is 0 Å². The fourth-order valence-electron chi connectivity index (χ4n) is 3.39. The molecule has 1 unspecified atom stereocenters. The first-order chi connectivity index (χ1) is 11.5. The van der Waals surface area contributed by atoms with E-state index in [9.17, 15) is 9.59 Å². The lowest BCUT2D eigenvalue weighted by Gasteiger charge is -2.25. The van der Waals surface area contributed by atoms with Crippen molar-refractivity contribution in [3.8, 4) is 0 Å². The molecule has 0 radical (unpaired) electrons. The largest absolute Gasteiger partial charge is 0.480 e. The van der Waals surface area contributed by atoms with E-state index < -0.39 is 5.97 Å². The Hall–Kier alpha value is -1.88. The van der Waals surface area contributed by atoms with Gasteiger partial charge in [-0.2, -0.15) is 0 Å². The summed E-state index contributed by atoms with van der Waals surface area (Å²) in [4.78, 5) is 27.2. The van der Waals surface area contributed by atoms with Gasteiger partial charge in [-0.3, -0.25) is 14.5 Å². The van der Waals surface area contributed by atoms with Crippen molar-refractivity contribution in [2.75, 3.05) is 26.7 Å². The Balaban J connectivity index is 1.82. The second-order valence-corrected chi connectivity index (χ2v) is 6.76. The topological polar surface area (TPSA) is 60.9 Å². The minimum absolute atomic E-state index is 0.0615. The van der Waals surface area contributed by atoms with Crippen LogP contribution in [0.4, 0.5) is 0 Å². The maximum absolute atomic E-state index is 12.5. The molecular weight excluding hydrogens is 304 g/mol. The molecule has 1 heterocycles. The number of amides is 1. The number of benzene rings is 1. The van der Waals surface area contributed by atoms with Crippen molar-refractivity contribution in [2.24, 2.45) is 0 Å². The number of likely N-dealkylation sites (N-methyl/N-ethyl adjacent to an activating group) is 1. The maximum atomic E-state index is 12.5. The van der Waals surface area contributed by atoms with E-state index in [0.29, 0.717) is 6.42 Å². The normalized spacial score (nSPS) is 18.5. The van der Waals surface area contributed by atoms with Gasteiger partial charge in [0.15, 0.2) is 0 Å². The van der Waals surface area contributed by atoms with Crippen LogP contribution in [0.3, 0.4) is 0 Å². The van der Waals surface area contributed by atoms with Crippen molar-refractivity contribution in [1.29, 1.82) is 0 Å². The third-order valence-electron chi connectivity index (χ3n) is 4.77. The molecule has 0 spiro atoms. The van der Waals surface area contributed by atoms with Gasteiger partial charge in [-0.25, -0.2) is 0 Å². The van der Waals surface area contributed by atoms with Gasteiger partial charge in [0.05, 0.1) is 6.54 Å². The summed E-state index contributed by atoms with van der Waals surface area (Å²) in [5.41, 5.74) is 2.43. The van der Waals surface area contributed by atoms with E-state index in [-0.39, 0.29) is 18.5 Å². The summed E-state index contributed by atoms with van der Waals surface area (Å²) in [6.45, 7) is 3.63. The summed E-state index contributed by atoms with van der Waals surface area (Å²) in [5, 5.41) is 8.92. The highest BCUT2D eigenvalue weighted by Gasteiger charge is 2.23. The molecule has 1 aliphatic rings. The van der Waals surface area contributed by atoms with Gasteiger partial charge < -0.3 is 10.0 Å². The standard InChI is InChI=1S/C19H28N2O3/c1-15-5-3-6-16(13-15)8-9-18(22)21-11-4-7-17(10-12-21)20(2)14-19(23)24/h3,5-6,13,17H,4,7-12,14H2,1-2H3,(H,23,24). The SMILES string of the molecule is Cc1cccc(CCC(=O)N2CCCC(N(C)CC(=O)O)CC2)c1.